The maximum Gasteiger partial charge on any atom is 0.342 e. The van der Waals surface area contributed by atoms with Gasteiger partial charge in [-0.25, -0.2) is 4.79 Å². The number of rotatable bonds is 4. The highest BCUT2D eigenvalue weighted by molar-refractivity contribution is 5.93. The van der Waals surface area contributed by atoms with Gasteiger partial charge in [0.15, 0.2) is 0 Å². The Morgan fingerprint density at radius 3 is 2.76 bits per heavy atom. The maximum absolute atomic E-state index is 10.9. The van der Waals surface area contributed by atoms with Crippen LogP contribution in [0.25, 0.3) is 0 Å². The molecular formula is C11H10N2O4. The molecule has 0 atom stereocenters. The molecule has 1 aromatic rings. The number of carboxylic acid groups (broad SMARTS) is 1. The Labute approximate surface area is 97.6 Å². The van der Waals surface area contributed by atoms with Gasteiger partial charge in [0.1, 0.15) is 5.56 Å². The highest BCUT2D eigenvalue weighted by atomic mass is 16.6. The molecule has 6 heteroatoms. The Morgan fingerprint density at radius 1 is 1.65 bits per heavy atom. The SMILES string of the molecule is C#CCN(C)c1ccc([N+](=O)[O-])c(C(=O)O)c1. The third-order valence-corrected chi connectivity index (χ3v) is 2.18. The van der Waals surface area contributed by atoms with Gasteiger partial charge in [-0.15, -0.1) is 6.42 Å². The van der Waals surface area contributed by atoms with Crippen molar-refractivity contribution in [3.8, 4) is 12.3 Å². The molecule has 88 valence electrons. The summed E-state index contributed by atoms with van der Waals surface area (Å²) in [6, 6.07) is 3.85. The molecule has 0 fully saturated rings. The molecule has 0 radical (unpaired) electrons. The molecule has 1 rings (SSSR count). The van der Waals surface area contributed by atoms with Gasteiger partial charge in [-0.05, 0) is 12.1 Å². The number of anilines is 1. The minimum absolute atomic E-state index is 0.289. The number of hydrogen-bond donors (Lipinski definition) is 1. The van der Waals surface area contributed by atoms with E-state index >= 15 is 0 Å². The molecule has 0 aliphatic rings. The fraction of sp³-hybridized carbons (Fsp3) is 0.182. The van der Waals surface area contributed by atoms with Crippen molar-refractivity contribution in [1.82, 2.24) is 0 Å². The maximum atomic E-state index is 10.9. The summed E-state index contributed by atoms with van der Waals surface area (Å²) in [4.78, 5) is 22.4. The van der Waals surface area contributed by atoms with Crippen LogP contribution < -0.4 is 4.90 Å². The highest BCUT2D eigenvalue weighted by Gasteiger charge is 2.20. The van der Waals surface area contributed by atoms with Gasteiger partial charge in [-0.1, -0.05) is 5.92 Å². The van der Waals surface area contributed by atoms with E-state index in [2.05, 4.69) is 5.92 Å². The summed E-state index contributed by atoms with van der Waals surface area (Å²) in [5.41, 5.74) is -0.266. The first kappa shape index (κ1) is 12.5. The summed E-state index contributed by atoms with van der Waals surface area (Å²) in [5.74, 6) is 1.06. The van der Waals surface area contributed by atoms with Crippen molar-refractivity contribution in [3.05, 3.63) is 33.9 Å². The Bertz CT molecular complexity index is 505. The Morgan fingerprint density at radius 2 is 2.29 bits per heavy atom. The van der Waals surface area contributed by atoms with Crippen molar-refractivity contribution in [2.75, 3.05) is 18.5 Å². The Hall–Kier alpha value is -2.55. The van der Waals surface area contributed by atoms with Gasteiger partial charge in [-0.3, -0.25) is 10.1 Å². The fourth-order valence-corrected chi connectivity index (χ4v) is 1.32. The van der Waals surface area contributed by atoms with E-state index in [-0.39, 0.29) is 12.1 Å². The molecule has 1 N–H and O–H groups in total. The van der Waals surface area contributed by atoms with Crippen molar-refractivity contribution < 1.29 is 14.8 Å². The van der Waals surface area contributed by atoms with Crippen molar-refractivity contribution in [3.63, 3.8) is 0 Å². The first-order chi connectivity index (χ1) is 7.97. The summed E-state index contributed by atoms with van der Waals surface area (Å²) in [5, 5.41) is 19.5. The lowest BCUT2D eigenvalue weighted by molar-refractivity contribution is -0.385. The van der Waals surface area contributed by atoms with E-state index in [0.29, 0.717) is 5.69 Å². The minimum Gasteiger partial charge on any atom is -0.477 e. The molecule has 6 nitrogen and oxygen atoms in total. The number of benzene rings is 1. The molecule has 0 saturated heterocycles. The fourth-order valence-electron chi connectivity index (χ4n) is 1.32. The monoisotopic (exact) mass is 234 g/mol. The van der Waals surface area contributed by atoms with E-state index in [1.165, 1.54) is 12.1 Å². The zero-order valence-electron chi connectivity index (χ0n) is 9.08. The molecule has 0 bridgehead atoms. The molecule has 0 spiro atoms. The number of nitro groups is 1. The first-order valence-corrected chi connectivity index (χ1v) is 4.63. The topological polar surface area (TPSA) is 83.7 Å². The zero-order chi connectivity index (χ0) is 13.0. The summed E-state index contributed by atoms with van der Waals surface area (Å²) in [6.07, 6.45) is 5.13. The number of carbonyl (C=O) groups is 1. The van der Waals surface area contributed by atoms with Gasteiger partial charge in [-0.2, -0.15) is 0 Å². The van der Waals surface area contributed by atoms with Crippen LogP contribution in [0.1, 0.15) is 10.4 Å². The minimum atomic E-state index is -1.34. The second-order valence-corrected chi connectivity index (χ2v) is 3.32. The van der Waals surface area contributed by atoms with Gasteiger partial charge in [0.05, 0.1) is 11.5 Å². The van der Waals surface area contributed by atoms with Crippen molar-refractivity contribution in [2.24, 2.45) is 0 Å². The lowest BCUT2D eigenvalue weighted by atomic mass is 10.1. The predicted molar refractivity (Wildman–Crippen MR) is 62.2 cm³/mol. The van der Waals surface area contributed by atoms with E-state index in [4.69, 9.17) is 11.5 Å². The van der Waals surface area contributed by atoms with Crippen LogP contribution in [0.3, 0.4) is 0 Å². The summed E-state index contributed by atoms with van der Waals surface area (Å²) >= 11 is 0. The first-order valence-electron chi connectivity index (χ1n) is 4.63. The van der Waals surface area contributed by atoms with Crippen LogP contribution in [0, 0.1) is 22.5 Å². The third kappa shape index (κ3) is 2.72. The van der Waals surface area contributed by atoms with E-state index in [0.717, 1.165) is 6.07 Å². The smallest absolute Gasteiger partial charge is 0.342 e. The molecule has 1 aromatic carbocycles. The van der Waals surface area contributed by atoms with Crippen molar-refractivity contribution in [2.45, 2.75) is 0 Å². The van der Waals surface area contributed by atoms with Crippen LogP contribution >= 0.6 is 0 Å². The predicted octanol–water partition coefficient (Wildman–Crippen LogP) is 1.36. The van der Waals surface area contributed by atoms with E-state index in [1.807, 2.05) is 0 Å². The van der Waals surface area contributed by atoms with Crippen LogP contribution in [-0.2, 0) is 0 Å². The van der Waals surface area contributed by atoms with Crippen LogP contribution in [-0.4, -0.2) is 29.6 Å². The molecule has 0 amide bonds. The summed E-state index contributed by atoms with van der Waals surface area (Å²) < 4.78 is 0. The lowest BCUT2D eigenvalue weighted by Gasteiger charge is -2.16. The normalized spacial score (nSPS) is 9.41. The number of nitro benzene ring substituents is 1. The second-order valence-electron chi connectivity index (χ2n) is 3.32. The molecule has 0 aliphatic heterocycles. The van der Waals surface area contributed by atoms with Crippen molar-refractivity contribution in [1.29, 1.82) is 0 Å². The third-order valence-electron chi connectivity index (χ3n) is 2.18. The largest absolute Gasteiger partial charge is 0.477 e. The van der Waals surface area contributed by atoms with E-state index in [1.54, 1.807) is 11.9 Å². The Balaban J connectivity index is 3.24. The number of terminal acetylenes is 1. The summed E-state index contributed by atoms with van der Waals surface area (Å²) in [7, 11) is 1.67. The van der Waals surface area contributed by atoms with Gasteiger partial charge in [0.25, 0.3) is 5.69 Å². The average molecular weight is 234 g/mol. The molecule has 0 aliphatic carbocycles. The van der Waals surface area contributed by atoms with Crippen LogP contribution in [0.15, 0.2) is 18.2 Å². The molecule has 0 saturated carbocycles. The van der Waals surface area contributed by atoms with Gasteiger partial charge in [0.2, 0.25) is 0 Å². The number of nitrogens with zero attached hydrogens (tertiary/aromatic N) is 2. The van der Waals surface area contributed by atoms with E-state index in [9.17, 15) is 14.9 Å². The van der Waals surface area contributed by atoms with Crippen LogP contribution in [0.2, 0.25) is 0 Å². The molecule has 0 unspecified atom stereocenters. The Kier molecular flexibility index (Phi) is 3.67. The number of hydrogen-bond acceptors (Lipinski definition) is 4. The van der Waals surface area contributed by atoms with E-state index < -0.39 is 16.6 Å². The van der Waals surface area contributed by atoms with Crippen LogP contribution in [0.5, 0.6) is 0 Å². The summed E-state index contributed by atoms with van der Waals surface area (Å²) in [6.45, 7) is 0.289. The number of carboxylic acids is 1. The lowest BCUT2D eigenvalue weighted by Crippen LogP contribution is -2.17. The molecule has 0 aromatic heterocycles. The van der Waals surface area contributed by atoms with Gasteiger partial charge >= 0.3 is 5.97 Å². The van der Waals surface area contributed by atoms with Gasteiger partial charge in [0, 0.05) is 18.8 Å². The standard InChI is InChI=1S/C11H10N2O4/c1-3-6-12(2)8-4-5-10(13(16)17)9(7-8)11(14)15/h1,4-5,7H,6H2,2H3,(H,14,15). The quantitative estimate of drug-likeness (QED) is 0.483. The molecule has 17 heavy (non-hydrogen) atoms. The molecular weight excluding hydrogens is 224 g/mol. The van der Waals surface area contributed by atoms with Gasteiger partial charge < -0.3 is 10.0 Å². The van der Waals surface area contributed by atoms with Crippen LogP contribution in [0.4, 0.5) is 11.4 Å². The second kappa shape index (κ2) is 4.99. The highest BCUT2D eigenvalue weighted by Crippen LogP contribution is 2.24. The average Bonchev–Trinajstić information content (AvgIpc) is 2.28. The molecule has 0 heterocycles. The van der Waals surface area contributed by atoms with Crippen molar-refractivity contribution >= 4 is 17.3 Å². The number of aromatic carboxylic acids is 1. The zero-order valence-corrected chi connectivity index (χ0v) is 9.08.